The van der Waals surface area contributed by atoms with E-state index in [4.69, 9.17) is 5.11 Å². The maximum absolute atomic E-state index is 12.7. The number of carbonyl (C=O) groups excluding carboxylic acids is 1. The van der Waals surface area contributed by atoms with Crippen LogP contribution >= 0.6 is 0 Å². The largest absolute Gasteiger partial charge is 0.481 e. The van der Waals surface area contributed by atoms with E-state index in [0.717, 1.165) is 19.3 Å². The number of carboxylic acid groups (broad SMARTS) is 1. The van der Waals surface area contributed by atoms with Crippen LogP contribution in [0.4, 0.5) is 0 Å². The molecule has 3 rings (SSSR count). The lowest BCUT2D eigenvalue weighted by molar-refractivity contribution is -0.150. The van der Waals surface area contributed by atoms with E-state index >= 15 is 0 Å². The third-order valence-electron chi connectivity index (χ3n) is 5.16. The normalized spacial score (nSPS) is 38.6. The van der Waals surface area contributed by atoms with Gasteiger partial charge in [0.1, 0.15) is 0 Å². The van der Waals surface area contributed by atoms with E-state index in [9.17, 15) is 14.7 Å². The van der Waals surface area contributed by atoms with Gasteiger partial charge in [0.25, 0.3) is 0 Å². The van der Waals surface area contributed by atoms with Crippen molar-refractivity contribution in [1.29, 1.82) is 0 Å². The summed E-state index contributed by atoms with van der Waals surface area (Å²) in [5.41, 5.74) is 0. The Labute approximate surface area is 118 Å². The van der Waals surface area contributed by atoms with Crippen molar-refractivity contribution in [1.82, 2.24) is 4.90 Å². The number of hydrogen-bond donors (Lipinski definition) is 2. The molecule has 0 spiro atoms. The Kier molecular flexibility index (Phi) is 3.54. The van der Waals surface area contributed by atoms with Crippen molar-refractivity contribution in [3.8, 4) is 0 Å². The number of carboxylic acids is 1. The molecular formula is C15H21NO4. The van der Waals surface area contributed by atoms with Crippen molar-refractivity contribution >= 4 is 11.9 Å². The van der Waals surface area contributed by atoms with Crippen LogP contribution in [0.25, 0.3) is 0 Å². The third-order valence-corrected chi connectivity index (χ3v) is 5.16. The van der Waals surface area contributed by atoms with Gasteiger partial charge in [0.05, 0.1) is 11.8 Å². The van der Waals surface area contributed by atoms with E-state index in [-0.39, 0.29) is 30.3 Å². The summed E-state index contributed by atoms with van der Waals surface area (Å²) in [4.78, 5) is 25.9. The lowest BCUT2D eigenvalue weighted by atomic mass is 9.82. The summed E-state index contributed by atoms with van der Waals surface area (Å²) < 4.78 is 0. The highest BCUT2D eigenvalue weighted by Gasteiger charge is 2.53. The van der Waals surface area contributed by atoms with Crippen LogP contribution in [0.2, 0.25) is 0 Å². The molecule has 1 saturated heterocycles. The van der Waals surface area contributed by atoms with Crippen LogP contribution in [-0.2, 0) is 9.59 Å². The van der Waals surface area contributed by atoms with Crippen molar-refractivity contribution < 1.29 is 19.8 Å². The van der Waals surface area contributed by atoms with Gasteiger partial charge in [-0.05, 0) is 37.0 Å². The highest BCUT2D eigenvalue weighted by molar-refractivity contribution is 5.87. The van der Waals surface area contributed by atoms with Crippen molar-refractivity contribution in [3.63, 3.8) is 0 Å². The number of nitrogens with zero attached hydrogens (tertiary/aromatic N) is 1. The first kappa shape index (κ1) is 13.6. The molecule has 0 aromatic heterocycles. The minimum absolute atomic E-state index is 0.00897. The van der Waals surface area contributed by atoms with Crippen molar-refractivity contribution in [2.45, 2.75) is 19.3 Å². The molecule has 0 aromatic rings. The lowest BCUT2D eigenvalue weighted by Gasteiger charge is -2.28. The second kappa shape index (κ2) is 5.20. The molecule has 5 nitrogen and oxygen atoms in total. The summed E-state index contributed by atoms with van der Waals surface area (Å²) in [6, 6.07) is 0. The Hall–Kier alpha value is -1.36. The van der Waals surface area contributed by atoms with Crippen LogP contribution < -0.4 is 0 Å². The van der Waals surface area contributed by atoms with Crippen LogP contribution in [0, 0.1) is 29.6 Å². The Morgan fingerprint density at radius 3 is 2.55 bits per heavy atom. The molecule has 1 saturated carbocycles. The zero-order chi connectivity index (χ0) is 14.3. The van der Waals surface area contributed by atoms with Gasteiger partial charge in [-0.2, -0.15) is 0 Å². The SMILES string of the molecule is O=C(O)C1C2C=CC(C2)C1C(=O)N1CCC(CCO)C1. The van der Waals surface area contributed by atoms with Gasteiger partial charge in [-0.3, -0.25) is 9.59 Å². The second-order valence-electron chi connectivity index (χ2n) is 6.29. The number of aliphatic carboxylic acids is 1. The molecule has 2 N–H and O–H groups in total. The van der Waals surface area contributed by atoms with Gasteiger partial charge >= 0.3 is 5.97 Å². The Morgan fingerprint density at radius 2 is 1.90 bits per heavy atom. The molecule has 0 aromatic carbocycles. The van der Waals surface area contributed by atoms with Crippen LogP contribution in [0.1, 0.15) is 19.3 Å². The molecule has 2 bridgehead atoms. The Balaban J connectivity index is 1.71. The van der Waals surface area contributed by atoms with E-state index < -0.39 is 11.9 Å². The summed E-state index contributed by atoms with van der Waals surface area (Å²) in [7, 11) is 0. The van der Waals surface area contributed by atoms with Crippen molar-refractivity contribution in [2.75, 3.05) is 19.7 Å². The van der Waals surface area contributed by atoms with Crippen LogP contribution in [-0.4, -0.2) is 46.7 Å². The van der Waals surface area contributed by atoms with Crippen molar-refractivity contribution in [3.05, 3.63) is 12.2 Å². The smallest absolute Gasteiger partial charge is 0.307 e. The van der Waals surface area contributed by atoms with E-state index in [1.807, 2.05) is 17.1 Å². The molecule has 0 radical (unpaired) electrons. The first-order chi connectivity index (χ1) is 9.61. The second-order valence-corrected chi connectivity index (χ2v) is 6.29. The number of rotatable bonds is 4. The quantitative estimate of drug-likeness (QED) is 0.744. The third kappa shape index (κ3) is 2.14. The number of carbonyl (C=O) groups is 2. The summed E-state index contributed by atoms with van der Waals surface area (Å²) in [6.07, 6.45) is 6.43. The monoisotopic (exact) mass is 279 g/mol. The standard InChI is InChI=1S/C15H21NO4/c17-6-4-9-3-5-16(8-9)14(18)12-10-1-2-11(7-10)13(12)15(19)20/h1-2,9-13,17H,3-8H2,(H,19,20). The molecule has 5 atom stereocenters. The zero-order valence-electron chi connectivity index (χ0n) is 11.4. The Bertz CT molecular complexity index is 447. The van der Waals surface area contributed by atoms with Gasteiger partial charge in [0.2, 0.25) is 5.91 Å². The predicted octanol–water partition coefficient (Wildman–Crippen LogP) is 0.740. The highest BCUT2D eigenvalue weighted by Crippen LogP contribution is 2.49. The number of aliphatic hydroxyl groups excluding tert-OH is 1. The first-order valence-electron chi connectivity index (χ1n) is 7.42. The van der Waals surface area contributed by atoms with Crippen LogP contribution in [0.5, 0.6) is 0 Å². The fourth-order valence-electron chi connectivity index (χ4n) is 4.16. The topological polar surface area (TPSA) is 77.8 Å². The average Bonchev–Trinajstić information content (AvgIpc) is 3.12. The minimum atomic E-state index is -0.841. The van der Waals surface area contributed by atoms with Gasteiger partial charge in [-0.15, -0.1) is 0 Å². The summed E-state index contributed by atoms with van der Waals surface area (Å²) in [5, 5.41) is 18.4. The molecule has 3 aliphatic rings. The first-order valence-corrected chi connectivity index (χ1v) is 7.42. The fourth-order valence-corrected chi connectivity index (χ4v) is 4.16. The predicted molar refractivity (Wildman–Crippen MR) is 71.7 cm³/mol. The number of amides is 1. The number of hydrogen-bond acceptors (Lipinski definition) is 3. The van der Waals surface area contributed by atoms with Gasteiger partial charge in [-0.1, -0.05) is 12.2 Å². The van der Waals surface area contributed by atoms with Crippen LogP contribution in [0.3, 0.4) is 0 Å². The van der Waals surface area contributed by atoms with E-state index in [1.165, 1.54) is 0 Å². The van der Waals surface area contributed by atoms with Gasteiger partial charge in [0, 0.05) is 19.7 Å². The van der Waals surface area contributed by atoms with E-state index in [0.29, 0.717) is 19.0 Å². The van der Waals surface area contributed by atoms with Gasteiger partial charge < -0.3 is 15.1 Å². The highest BCUT2D eigenvalue weighted by atomic mass is 16.4. The minimum Gasteiger partial charge on any atom is -0.481 e. The number of likely N-dealkylation sites (tertiary alicyclic amines) is 1. The molecule has 110 valence electrons. The fraction of sp³-hybridized carbons (Fsp3) is 0.733. The molecule has 2 fully saturated rings. The van der Waals surface area contributed by atoms with Crippen molar-refractivity contribution in [2.24, 2.45) is 29.6 Å². The maximum atomic E-state index is 12.7. The molecule has 1 aliphatic heterocycles. The molecular weight excluding hydrogens is 258 g/mol. The lowest BCUT2D eigenvalue weighted by Crippen LogP contribution is -2.42. The summed E-state index contributed by atoms with van der Waals surface area (Å²) >= 11 is 0. The molecule has 20 heavy (non-hydrogen) atoms. The summed E-state index contributed by atoms with van der Waals surface area (Å²) in [5.74, 6) is -1.26. The molecule has 1 heterocycles. The van der Waals surface area contributed by atoms with Gasteiger partial charge in [-0.25, -0.2) is 0 Å². The average molecular weight is 279 g/mol. The molecule has 1 amide bonds. The van der Waals surface area contributed by atoms with Gasteiger partial charge in [0.15, 0.2) is 0 Å². The summed E-state index contributed by atoms with van der Waals surface area (Å²) in [6.45, 7) is 1.53. The van der Waals surface area contributed by atoms with E-state index in [2.05, 4.69) is 0 Å². The number of allylic oxidation sites excluding steroid dienone is 2. The van der Waals surface area contributed by atoms with Crippen LogP contribution in [0.15, 0.2) is 12.2 Å². The number of aliphatic hydroxyl groups is 1. The van der Waals surface area contributed by atoms with E-state index in [1.54, 1.807) is 0 Å². The molecule has 2 aliphatic carbocycles. The number of fused-ring (bicyclic) bond motifs is 2. The molecule has 5 heteroatoms. The maximum Gasteiger partial charge on any atom is 0.307 e. The zero-order valence-corrected chi connectivity index (χ0v) is 11.4. The molecule has 5 unspecified atom stereocenters. The Morgan fingerprint density at radius 1 is 1.20 bits per heavy atom.